The largest absolute Gasteiger partial charge is 0.416 e. The summed E-state index contributed by atoms with van der Waals surface area (Å²) in [5.74, 6) is 4.42. The maximum atomic E-state index is 5.90. The van der Waals surface area contributed by atoms with Crippen molar-refractivity contribution in [1.82, 2.24) is 49.7 Å². The van der Waals surface area contributed by atoms with Gasteiger partial charge < -0.3 is 4.42 Å². The molecule has 0 aliphatic carbocycles. The Morgan fingerprint density at radius 2 is 0.539 bits per heavy atom. The molecule has 0 saturated carbocycles. The van der Waals surface area contributed by atoms with Crippen LogP contribution in [0.25, 0.3) is 157 Å². The van der Waals surface area contributed by atoms with Crippen molar-refractivity contribution in [2.75, 3.05) is 0 Å². The number of aryl methyl sites for hydroxylation is 2. The van der Waals surface area contributed by atoms with Gasteiger partial charge in [0, 0.05) is 66.6 Å². The summed E-state index contributed by atoms with van der Waals surface area (Å²) in [5.41, 5.74) is 24.4. The summed E-state index contributed by atoms with van der Waals surface area (Å²) >= 11 is 0. The van der Waals surface area contributed by atoms with E-state index in [1.165, 1.54) is 60.8 Å². The minimum Gasteiger partial charge on any atom is -0.416 e. The third-order valence-electron chi connectivity index (χ3n) is 20.5. The Labute approximate surface area is 671 Å². The number of rotatable bonds is 12. The van der Waals surface area contributed by atoms with Crippen LogP contribution in [0.1, 0.15) is 64.1 Å². The van der Waals surface area contributed by atoms with Crippen LogP contribution in [0.5, 0.6) is 0 Å². The van der Waals surface area contributed by atoms with Crippen LogP contribution in [0.4, 0.5) is 0 Å². The molecule has 19 aromatic rings. The van der Waals surface area contributed by atoms with Gasteiger partial charge in [-0.3, -0.25) is 19.1 Å². The monoisotopic (exact) mass is 1490 g/mol. The van der Waals surface area contributed by atoms with Gasteiger partial charge in [0.25, 0.3) is 0 Å². The van der Waals surface area contributed by atoms with Crippen molar-refractivity contribution in [3.63, 3.8) is 0 Å². The lowest BCUT2D eigenvalue weighted by Crippen LogP contribution is -2.10. The van der Waals surface area contributed by atoms with Crippen LogP contribution in [0, 0.1) is 13.8 Å². The first-order chi connectivity index (χ1) is 56.1. The van der Waals surface area contributed by atoms with Crippen molar-refractivity contribution in [3.05, 3.63) is 399 Å². The van der Waals surface area contributed by atoms with Gasteiger partial charge >= 0.3 is 0 Å². The summed E-state index contributed by atoms with van der Waals surface area (Å²) in [4.78, 5) is 9.81. The fraction of sp³-hybridized carbons (Fsp3) is 0.0962. The molecule has 0 radical (unpaired) electrons. The van der Waals surface area contributed by atoms with Gasteiger partial charge in [0.15, 0.2) is 23.3 Å². The summed E-state index contributed by atoms with van der Waals surface area (Å²) in [5, 5.41) is 31.5. The Morgan fingerprint density at radius 3 is 0.939 bits per heavy atom. The van der Waals surface area contributed by atoms with E-state index in [4.69, 9.17) is 14.4 Å². The van der Waals surface area contributed by atoms with Gasteiger partial charge in [-0.2, -0.15) is 0 Å². The summed E-state index contributed by atoms with van der Waals surface area (Å²) in [6.07, 6.45) is 0. The quantitative estimate of drug-likeness (QED) is 0.110. The zero-order chi connectivity index (χ0) is 78.8. The minimum atomic E-state index is 0.108. The van der Waals surface area contributed by atoms with Crippen molar-refractivity contribution in [2.45, 2.75) is 66.2 Å². The molecule has 19 rings (SSSR count). The highest BCUT2D eigenvalue weighted by molar-refractivity contribution is 6.12. The zero-order valence-electron chi connectivity index (χ0n) is 65.7. The number of aromatic nitrogens is 10. The molecule has 5 aromatic heterocycles. The molecule has 0 N–H and O–H groups in total. The smallest absolute Gasteiger partial charge is 0.248 e. The van der Waals surface area contributed by atoms with Crippen molar-refractivity contribution in [3.8, 4) is 124 Å². The first-order valence-corrected chi connectivity index (χ1v) is 38.9. The van der Waals surface area contributed by atoms with Crippen LogP contribution >= 0.6 is 0 Å². The SMILES string of the molecule is CC(C)(C)c1ccc(-c2nnc(-c3ccc(-c4ccccc4)cc3)n2-c2ccccc2)cc1.CC(C)(C)c1ccc(-c2nnc(-c3ccc(-c4ccccc4)cc3)o2)cc1.Cc1cc(-c2ccccc2)c2ccc3c(-c4ccccc4)cc(C)nc3c2n1.c1ccc(-c2nnc(-c3ccccc3)n2-c2cccc3ccccc23)cc1. The second-order valence-corrected chi connectivity index (χ2v) is 30.6. The lowest BCUT2D eigenvalue weighted by Gasteiger charge is -2.19. The highest BCUT2D eigenvalue weighted by Crippen LogP contribution is 2.39. The maximum Gasteiger partial charge on any atom is 0.248 e. The van der Waals surface area contributed by atoms with Gasteiger partial charge in [0.05, 0.1) is 16.7 Å². The normalized spacial score (nSPS) is 11.3. The molecule has 0 aliphatic rings. The lowest BCUT2D eigenvalue weighted by atomic mass is 9.86. The molecule has 0 bridgehead atoms. The van der Waals surface area contributed by atoms with Gasteiger partial charge in [-0.25, -0.2) is 0 Å². The molecular weight excluding hydrogens is 1410 g/mol. The maximum absolute atomic E-state index is 5.90. The van der Waals surface area contributed by atoms with E-state index in [0.717, 1.165) is 107 Å². The molecule has 0 aliphatic heterocycles. The molecule has 14 aromatic carbocycles. The second-order valence-electron chi connectivity index (χ2n) is 30.6. The average molecular weight is 1490 g/mol. The van der Waals surface area contributed by atoms with Crippen molar-refractivity contribution in [1.29, 1.82) is 0 Å². The molecule has 115 heavy (non-hydrogen) atoms. The molecule has 0 spiro atoms. The number of hydrogen-bond acceptors (Lipinski definition) is 9. The van der Waals surface area contributed by atoms with E-state index in [-0.39, 0.29) is 10.8 Å². The first-order valence-electron chi connectivity index (χ1n) is 38.9. The van der Waals surface area contributed by atoms with Gasteiger partial charge in [-0.15, -0.1) is 30.6 Å². The van der Waals surface area contributed by atoms with E-state index in [1.807, 2.05) is 115 Å². The Balaban J connectivity index is 0.000000116. The van der Waals surface area contributed by atoms with Crippen LogP contribution in [-0.4, -0.2) is 49.7 Å². The molecule has 0 saturated heterocycles. The molecule has 558 valence electrons. The fourth-order valence-electron chi connectivity index (χ4n) is 14.5. The van der Waals surface area contributed by atoms with E-state index in [0.29, 0.717) is 11.8 Å². The zero-order valence-corrected chi connectivity index (χ0v) is 65.7. The van der Waals surface area contributed by atoms with Gasteiger partial charge in [-0.1, -0.05) is 363 Å². The van der Waals surface area contributed by atoms with Crippen molar-refractivity contribution < 1.29 is 4.42 Å². The topological polar surface area (TPSA) is 126 Å². The van der Waals surface area contributed by atoms with Crippen molar-refractivity contribution in [2.24, 2.45) is 0 Å². The second kappa shape index (κ2) is 33.3. The van der Waals surface area contributed by atoms with E-state index in [1.54, 1.807) is 0 Å². The minimum absolute atomic E-state index is 0.108. The standard InChI is InChI=1S/C30H27N3.C26H20N2.C24H17N3.C24H22N2O/c1-30(2,3)26-20-18-25(19-21-26)29-32-31-28(33(29)27-12-8-5-9-13-27)24-16-14-23(15-17-24)22-10-6-4-7-11-22;1-17-15-23(19-9-5-3-6-10-19)21-13-14-22-24(20-11-7-4-8-12-20)16-18(2)28-26(22)25(21)27-17;1-3-11-19(12-4-1)23-25-26-24(20-13-5-2-6-14-20)27(23)22-17-9-15-18-10-7-8-16-21(18)22;1-24(2,3)21-15-13-20(14-16-21)23-26-25-22(27-23)19-11-9-18(10-12-19)17-7-5-4-6-8-17/h4-21H,1-3H3;3-16H,1-2H3;1-17H;4-16H,1-3H3. The molecule has 5 heterocycles. The summed E-state index contributed by atoms with van der Waals surface area (Å²) in [7, 11) is 0. The third-order valence-corrected chi connectivity index (χ3v) is 20.5. The summed E-state index contributed by atoms with van der Waals surface area (Å²) in [6.45, 7) is 17.4. The highest BCUT2D eigenvalue weighted by Gasteiger charge is 2.23. The Morgan fingerprint density at radius 1 is 0.243 bits per heavy atom. The van der Waals surface area contributed by atoms with E-state index in [2.05, 4.69) is 356 Å². The van der Waals surface area contributed by atoms with Crippen molar-refractivity contribution >= 4 is 32.6 Å². The van der Waals surface area contributed by atoms with Gasteiger partial charge in [0.1, 0.15) is 0 Å². The van der Waals surface area contributed by atoms with Crippen LogP contribution in [0.15, 0.2) is 381 Å². The van der Waals surface area contributed by atoms with E-state index >= 15 is 0 Å². The highest BCUT2D eigenvalue weighted by atomic mass is 16.4. The number of fused-ring (bicyclic) bond motifs is 4. The van der Waals surface area contributed by atoms with E-state index < -0.39 is 0 Å². The van der Waals surface area contributed by atoms with Crippen LogP contribution in [0.3, 0.4) is 0 Å². The number of pyridine rings is 2. The van der Waals surface area contributed by atoms with Gasteiger partial charge in [0.2, 0.25) is 11.8 Å². The molecule has 0 atom stereocenters. The summed E-state index contributed by atoms with van der Waals surface area (Å²) in [6, 6.07) is 130. The number of benzene rings is 14. The molecular formula is C104H86N10O. The van der Waals surface area contributed by atoms with Crippen LogP contribution in [0.2, 0.25) is 0 Å². The van der Waals surface area contributed by atoms with E-state index in [9.17, 15) is 0 Å². The Bertz CT molecular complexity index is 6310. The van der Waals surface area contributed by atoms with Gasteiger partial charge in [-0.05, 0) is 140 Å². The Kier molecular flexibility index (Phi) is 21.6. The predicted molar refractivity (Wildman–Crippen MR) is 473 cm³/mol. The molecule has 0 amide bonds. The Hall–Kier alpha value is -14.4. The predicted octanol–water partition coefficient (Wildman–Crippen LogP) is 26.4. The molecule has 0 unspecified atom stereocenters. The first kappa shape index (κ1) is 74.7. The number of nitrogens with zero attached hydrogens (tertiary/aromatic N) is 10. The number of para-hydroxylation sites is 1. The number of hydrogen-bond donors (Lipinski definition) is 0. The lowest BCUT2D eigenvalue weighted by molar-refractivity contribution is 0.582. The average Bonchev–Trinajstić information content (AvgIpc) is 1.37. The molecule has 11 heteroatoms. The molecule has 0 fully saturated rings. The fourth-order valence-corrected chi connectivity index (χ4v) is 14.5. The van der Waals surface area contributed by atoms with Crippen LogP contribution in [-0.2, 0) is 10.8 Å². The summed E-state index contributed by atoms with van der Waals surface area (Å²) < 4.78 is 10.2. The third kappa shape index (κ3) is 16.7. The van der Waals surface area contributed by atoms with Crippen LogP contribution < -0.4 is 0 Å². The molecule has 11 nitrogen and oxygen atoms in total.